The molecule has 0 atom stereocenters. The maximum atomic E-state index is 11.4. The van der Waals surface area contributed by atoms with Gasteiger partial charge in [-0.1, -0.05) is 24.3 Å². The fourth-order valence-corrected chi connectivity index (χ4v) is 3.57. The summed E-state index contributed by atoms with van der Waals surface area (Å²) in [6, 6.07) is 8.43. The standard InChI is InChI=1S/C19H33N5O3S.HI/c1-3-28(25,26)23-10-6-9-21-19(20-2)22-15-17-7-4-5-8-18(17)16-24-11-13-27-14-12-24;/h4-5,7-8,23H,3,6,9-16H2,1-2H3,(H2,20,21,22);1H. The maximum Gasteiger partial charge on any atom is 0.211 e. The molecule has 3 N–H and O–H groups in total. The van der Waals surface area contributed by atoms with E-state index in [1.54, 1.807) is 14.0 Å². The van der Waals surface area contributed by atoms with Crippen molar-refractivity contribution in [1.82, 2.24) is 20.3 Å². The second kappa shape index (κ2) is 14.1. The van der Waals surface area contributed by atoms with Crippen LogP contribution in [0.4, 0.5) is 0 Å². The SMILES string of the molecule is CCS(=O)(=O)NCCCNC(=NC)NCc1ccccc1CN1CCOCC1.I. The number of morpholine rings is 1. The molecule has 1 aliphatic rings. The van der Waals surface area contributed by atoms with E-state index in [1.807, 2.05) is 0 Å². The Morgan fingerprint density at radius 3 is 2.48 bits per heavy atom. The molecular weight excluding hydrogens is 505 g/mol. The molecule has 1 fully saturated rings. The molecule has 0 saturated carbocycles. The number of aliphatic imine (C=N–C) groups is 1. The first-order chi connectivity index (χ1) is 13.5. The number of nitrogens with zero attached hydrogens (tertiary/aromatic N) is 2. The Hall–Kier alpha value is -0.950. The Morgan fingerprint density at radius 2 is 1.83 bits per heavy atom. The van der Waals surface area contributed by atoms with E-state index in [0.29, 0.717) is 32.0 Å². The third-order valence-corrected chi connectivity index (χ3v) is 6.04. The van der Waals surface area contributed by atoms with Gasteiger partial charge in [0, 0.05) is 46.3 Å². The second-order valence-electron chi connectivity index (χ2n) is 6.66. The van der Waals surface area contributed by atoms with Crippen LogP contribution in [0.2, 0.25) is 0 Å². The van der Waals surface area contributed by atoms with Crippen molar-refractivity contribution < 1.29 is 13.2 Å². The average molecular weight is 539 g/mol. The van der Waals surface area contributed by atoms with E-state index in [-0.39, 0.29) is 29.7 Å². The van der Waals surface area contributed by atoms with Crippen LogP contribution in [0.15, 0.2) is 29.3 Å². The number of rotatable bonds is 10. The monoisotopic (exact) mass is 539 g/mol. The quantitative estimate of drug-likeness (QED) is 0.179. The lowest BCUT2D eigenvalue weighted by molar-refractivity contribution is 0.0341. The van der Waals surface area contributed by atoms with E-state index in [9.17, 15) is 8.42 Å². The average Bonchev–Trinajstić information content (AvgIpc) is 2.72. The van der Waals surface area contributed by atoms with Gasteiger partial charge in [0.1, 0.15) is 0 Å². The first kappa shape index (κ1) is 26.1. The smallest absolute Gasteiger partial charge is 0.211 e. The molecule has 0 amide bonds. The van der Waals surface area contributed by atoms with E-state index >= 15 is 0 Å². The van der Waals surface area contributed by atoms with E-state index < -0.39 is 10.0 Å². The van der Waals surface area contributed by atoms with Crippen LogP contribution in [0.5, 0.6) is 0 Å². The van der Waals surface area contributed by atoms with Gasteiger partial charge in [-0.15, -0.1) is 24.0 Å². The van der Waals surface area contributed by atoms with E-state index in [4.69, 9.17) is 4.74 Å². The Balaban J connectivity index is 0.00000420. The highest BCUT2D eigenvalue weighted by Crippen LogP contribution is 2.12. The second-order valence-corrected chi connectivity index (χ2v) is 8.76. The van der Waals surface area contributed by atoms with E-state index in [0.717, 1.165) is 32.8 Å². The van der Waals surface area contributed by atoms with Crippen LogP contribution in [0.1, 0.15) is 24.5 Å². The molecule has 0 aromatic heterocycles. The number of hydrogen-bond donors (Lipinski definition) is 3. The van der Waals surface area contributed by atoms with Crippen LogP contribution >= 0.6 is 24.0 Å². The van der Waals surface area contributed by atoms with Crippen molar-refractivity contribution in [2.75, 3.05) is 52.2 Å². The predicted octanol–water partition coefficient (Wildman–Crippen LogP) is 1.13. The van der Waals surface area contributed by atoms with Crippen molar-refractivity contribution >= 4 is 40.0 Å². The zero-order chi connectivity index (χ0) is 20.2. The lowest BCUT2D eigenvalue weighted by Crippen LogP contribution is -2.39. The van der Waals surface area contributed by atoms with Crippen LogP contribution in [0.3, 0.4) is 0 Å². The molecule has 0 unspecified atom stereocenters. The summed E-state index contributed by atoms with van der Waals surface area (Å²) in [6.45, 7) is 7.82. The summed E-state index contributed by atoms with van der Waals surface area (Å²) >= 11 is 0. The summed E-state index contributed by atoms with van der Waals surface area (Å²) in [5.74, 6) is 0.813. The third-order valence-electron chi connectivity index (χ3n) is 4.63. The Bertz CT molecular complexity index is 724. The van der Waals surface area contributed by atoms with Crippen molar-refractivity contribution in [3.63, 3.8) is 0 Å². The molecule has 1 aromatic carbocycles. The van der Waals surface area contributed by atoms with Crippen molar-refractivity contribution in [2.45, 2.75) is 26.4 Å². The topological polar surface area (TPSA) is 95.1 Å². The molecular formula is C19H34IN5O3S. The lowest BCUT2D eigenvalue weighted by atomic mass is 10.1. The molecule has 0 spiro atoms. The minimum absolute atomic E-state index is 0. The summed E-state index contributed by atoms with van der Waals surface area (Å²) < 4.78 is 30.8. The van der Waals surface area contributed by atoms with Crippen molar-refractivity contribution in [1.29, 1.82) is 0 Å². The highest BCUT2D eigenvalue weighted by atomic mass is 127. The molecule has 1 aliphatic heterocycles. The summed E-state index contributed by atoms with van der Waals surface area (Å²) in [5.41, 5.74) is 2.55. The predicted molar refractivity (Wildman–Crippen MR) is 128 cm³/mol. The maximum absolute atomic E-state index is 11.4. The number of hydrogen-bond acceptors (Lipinski definition) is 5. The van der Waals surface area contributed by atoms with Crippen LogP contribution in [-0.2, 0) is 27.8 Å². The van der Waals surface area contributed by atoms with Crippen molar-refractivity contribution in [2.24, 2.45) is 4.99 Å². The number of ether oxygens (including phenoxy) is 1. The van der Waals surface area contributed by atoms with Gasteiger partial charge in [-0.3, -0.25) is 9.89 Å². The number of nitrogens with one attached hydrogen (secondary N) is 3. The molecule has 1 saturated heterocycles. The highest BCUT2D eigenvalue weighted by Gasteiger charge is 2.12. The molecule has 0 aliphatic carbocycles. The molecule has 1 aromatic rings. The highest BCUT2D eigenvalue weighted by molar-refractivity contribution is 14.0. The van der Waals surface area contributed by atoms with Gasteiger partial charge in [-0.2, -0.15) is 0 Å². The normalized spacial score (nSPS) is 15.6. The number of guanidine groups is 1. The van der Waals surface area contributed by atoms with Crippen LogP contribution in [0, 0.1) is 0 Å². The van der Waals surface area contributed by atoms with E-state index in [1.165, 1.54) is 11.1 Å². The molecule has 166 valence electrons. The molecule has 2 rings (SSSR count). The first-order valence-electron chi connectivity index (χ1n) is 9.83. The molecule has 0 bridgehead atoms. The van der Waals surface area contributed by atoms with Gasteiger partial charge in [0.05, 0.1) is 19.0 Å². The largest absolute Gasteiger partial charge is 0.379 e. The summed E-state index contributed by atoms with van der Waals surface area (Å²) in [6.07, 6.45) is 0.688. The Morgan fingerprint density at radius 1 is 1.14 bits per heavy atom. The number of benzene rings is 1. The molecule has 1 heterocycles. The van der Waals surface area contributed by atoms with Gasteiger partial charge in [0.15, 0.2) is 5.96 Å². The van der Waals surface area contributed by atoms with Crippen molar-refractivity contribution in [3.8, 4) is 0 Å². The molecule has 29 heavy (non-hydrogen) atoms. The van der Waals surface area contributed by atoms with Gasteiger partial charge in [0.25, 0.3) is 0 Å². The fourth-order valence-electron chi connectivity index (χ4n) is 2.91. The number of sulfonamides is 1. The Kier molecular flexibility index (Phi) is 12.7. The van der Waals surface area contributed by atoms with Crippen molar-refractivity contribution in [3.05, 3.63) is 35.4 Å². The minimum Gasteiger partial charge on any atom is -0.379 e. The summed E-state index contributed by atoms with van der Waals surface area (Å²) in [4.78, 5) is 6.65. The number of halogens is 1. The fraction of sp³-hybridized carbons (Fsp3) is 0.632. The zero-order valence-electron chi connectivity index (χ0n) is 17.3. The van der Waals surface area contributed by atoms with Gasteiger partial charge in [-0.05, 0) is 24.5 Å². The first-order valence-corrected chi connectivity index (χ1v) is 11.5. The molecule has 8 nitrogen and oxygen atoms in total. The Labute approximate surface area is 191 Å². The molecule has 10 heteroatoms. The third kappa shape index (κ3) is 10.1. The van der Waals surface area contributed by atoms with Crippen LogP contribution in [-0.4, -0.2) is 71.5 Å². The van der Waals surface area contributed by atoms with Gasteiger partial charge >= 0.3 is 0 Å². The zero-order valence-corrected chi connectivity index (χ0v) is 20.5. The lowest BCUT2D eigenvalue weighted by Gasteiger charge is -2.27. The van der Waals surface area contributed by atoms with Gasteiger partial charge in [-0.25, -0.2) is 13.1 Å². The molecule has 0 radical (unpaired) electrons. The summed E-state index contributed by atoms with van der Waals surface area (Å²) in [5, 5.41) is 6.56. The summed E-state index contributed by atoms with van der Waals surface area (Å²) in [7, 11) is -1.39. The van der Waals surface area contributed by atoms with Gasteiger partial charge < -0.3 is 15.4 Å². The van der Waals surface area contributed by atoms with Crippen LogP contribution in [0.25, 0.3) is 0 Å². The van der Waals surface area contributed by atoms with Gasteiger partial charge in [0.2, 0.25) is 10.0 Å². The minimum atomic E-state index is -3.12. The van der Waals surface area contributed by atoms with E-state index in [2.05, 4.69) is 49.5 Å². The van der Waals surface area contributed by atoms with Crippen LogP contribution < -0.4 is 15.4 Å².